The van der Waals surface area contributed by atoms with Gasteiger partial charge in [-0.1, -0.05) is 13.8 Å². The molecule has 0 atom stereocenters. The fourth-order valence-corrected chi connectivity index (χ4v) is 2.67. The zero-order chi connectivity index (χ0) is 14.5. The maximum atomic E-state index is 12.1. The first-order valence-corrected chi connectivity index (χ1v) is 7.47. The molecule has 0 aromatic heterocycles. The molecule has 0 aromatic rings. The molecule has 2 rings (SSSR count). The van der Waals surface area contributed by atoms with E-state index in [0.29, 0.717) is 19.0 Å². The number of hydrogen-bond acceptors (Lipinski definition) is 4. The second kappa shape index (κ2) is 7.04. The van der Waals surface area contributed by atoms with Gasteiger partial charge in [-0.15, -0.1) is 0 Å². The summed E-state index contributed by atoms with van der Waals surface area (Å²) in [5, 5.41) is 0. The topological polar surface area (TPSA) is 53.1 Å². The van der Waals surface area contributed by atoms with E-state index in [1.54, 1.807) is 4.90 Å². The van der Waals surface area contributed by atoms with Gasteiger partial charge in [-0.3, -0.25) is 14.6 Å². The number of morpholine rings is 1. The predicted molar refractivity (Wildman–Crippen MR) is 75.4 cm³/mol. The Labute approximate surface area is 120 Å². The average molecular weight is 283 g/mol. The molecule has 0 unspecified atom stereocenters. The zero-order valence-electron chi connectivity index (χ0n) is 12.5. The molecule has 114 valence electrons. The Balaban J connectivity index is 1.74. The van der Waals surface area contributed by atoms with Crippen LogP contribution in [0.3, 0.4) is 0 Å². The second-order valence-electron chi connectivity index (χ2n) is 5.91. The van der Waals surface area contributed by atoms with Crippen molar-refractivity contribution in [2.24, 2.45) is 5.92 Å². The van der Waals surface area contributed by atoms with Gasteiger partial charge < -0.3 is 9.64 Å². The Hall–Kier alpha value is -1.14. The first kappa shape index (κ1) is 15.3. The summed E-state index contributed by atoms with van der Waals surface area (Å²) in [5.74, 6) is 0.331. The van der Waals surface area contributed by atoms with Crippen LogP contribution in [0.25, 0.3) is 0 Å². The predicted octanol–water partition coefficient (Wildman–Crippen LogP) is 0.629. The zero-order valence-corrected chi connectivity index (χ0v) is 12.5. The lowest BCUT2D eigenvalue weighted by molar-refractivity contribution is -0.125. The molecule has 0 aromatic carbocycles. The van der Waals surface area contributed by atoms with Crippen LogP contribution in [0, 0.1) is 5.92 Å². The SMILES string of the molecule is CC(C)CN1CC(=O)N(CCCN2CCOCC2)C1=O. The molecule has 6 nitrogen and oxygen atoms in total. The number of carbonyl (C=O) groups excluding carboxylic acids is 2. The van der Waals surface area contributed by atoms with Crippen LogP contribution in [0.4, 0.5) is 4.79 Å². The minimum atomic E-state index is -0.120. The van der Waals surface area contributed by atoms with Crippen LogP contribution in [-0.4, -0.2) is 79.1 Å². The Morgan fingerprint density at radius 2 is 1.85 bits per heavy atom. The lowest BCUT2D eigenvalue weighted by Crippen LogP contribution is -2.39. The quantitative estimate of drug-likeness (QED) is 0.671. The highest BCUT2D eigenvalue weighted by molar-refractivity contribution is 6.01. The molecule has 0 N–H and O–H groups in total. The number of imide groups is 1. The highest BCUT2D eigenvalue weighted by Crippen LogP contribution is 2.13. The molecule has 0 spiro atoms. The monoisotopic (exact) mass is 283 g/mol. The molecule has 20 heavy (non-hydrogen) atoms. The lowest BCUT2D eigenvalue weighted by Gasteiger charge is -2.27. The van der Waals surface area contributed by atoms with Crippen molar-refractivity contribution < 1.29 is 14.3 Å². The molecule has 0 radical (unpaired) electrons. The first-order valence-electron chi connectivity index (χ1n) is 7.47. The van der Waals surface area contributed by atoms with Crippen LogP contribution in [0.5, 0.6) is 0 Å². The van der Waals surface area contributed by atoms with E-state index < -0.39 is 0 Å². The molecule has 2 fully saturated rings. The number of carbonyl (C=O) groups is 2. The van der Waals surface area contributed by atoms with Crippen LogP contribution in [0.15, 0.2) is 0 Å². The van der Waals surface area contributed by atoms with Crippen LogP contribution in [0.1, 0.15) is 20.3 Å². The minimum Gasteiger partial charge on any atom is -0.379 e. The van der Waals surface area contributed by atoms with Crippen molar-refractivity contribution in [3.05, 3.63) is 0 Å². The van der Waals surface area contributed by atoms with Crippen molar-refractivity contribution in [2.45, 2.75) is 20.3 Å². The lowest BCUT2D eigenvalue weighted by atomic mass is 10.2. The van der Waals surface area contributed by atoms with Gasteiger partial charge >= 0.3 is 6.03 Å². The Morgan fingerprint density at radius 3 is 2.50 bits per heavy atom. The molecule has 2 heterocycles. The number of rotatable bonds is 6. The van der Waals surface area contributed by atoms with E-state index in [1.807, 2.05) is 0 Å². The molecule has 2 aliphatic rings. The third-order valence-corrected chi connectivity index (χ3v) is 3.67. The van der Waals surface area contributed by atoms with Gasteiger partial charge in [0, 0.05) is 32.7 Å². The first-order chi connectivity index (χ1) is 9.58. The van der Waals surface area contributed by atoms with E-state index in [1.165, 1.54) is 4.90 Å². The molecule has 3 amide bonds. The standard InChI is InChI=1S/C14H25N3O3/c1-12(2)10-16-11-13(18)17(14(16)19)5-3-4-15-6-8-20-9-7-15/h12H,3-11H2,1-2H3. The summed E-state index contributed by atoms with van der Waals surface area (Å²) in [6.45, 7) is 9.92. The van der Waals surface area contributed by atoms with Crippen molar-refractivity contribution in [1.29, 1.82) is 0 Å². The smallest absolute Gasteiger partial charge is 0.327 e. The van der Waals surface area contributed by atoms with Gasteiger partial charge in [0.1, 0.15) is 6.54 Å². The maximum absolute atomic E-state index is 12.1. The second-order valence-corrected chi connectivity index (χ2v) is 5.91. The van der Waals surface area contributed by atoms with Crippen molar-refractivity contribution >= 4 is 11.9 Å². The summed E-state index contributed by atoms with van der Waals surface area (Å²) in [7, 11) is 0. The third kappa shape index (κ3) is 3.93. The highest BCUT2D eigenvalue weighted by Gasteiger charge is 2.35. The molecular formula is C14H25N3O3. The molecule has 0 saturated carbocycles. The fourth-order valence-electron chi connectivity index (χ4n) is 2.67. The van der Waals surface area contributed by atoms with E-state index in [0.717, 1.165) is 39.3 Å². The summed E-state index contributed by atoms with van der Waals surface area (Å²) in [5.41, 5.74) is 0. The number of nitrogens with zero attached hydrogens (tertiary/aromatic N) is 3. The van der Waals surface area contributed by atoms with Crippen molar-refractivity contribution in [3.8, 4) is 0 Å². The normalized spacial score (nSPS) is 21.4. The van der Waals surface area contributed by atoms with Gasteiger partial charge in [0.15, 0.2) is 0 Å². The van der Waals surface area contributed by atoms with Gasteiger partial charge in [-0.2, -0.15) is 0 Å². The Morgan fingerprint density at radius 1 is 1.15 bits per heavy atom. The van der Waals surface area contributed by atoms with Crippen LogP contribution in [-0.2, 0) is 9.53 Å². The largest absolute Gasteiger partial charge is 0.379 e. The summed E-state index contributed by atoms with van der Waals surface area (Å²) in [4.78, 5) is 29.4. The van der Waals surface area contributed by atoms with Gasteiger partial charge in [-0.25, -0.2) is 4.79 Å². The van der Waals surface area contributed by atoms with Gasteiger partial charge in [0.2, 0.25) is 5.91 Å². The summed E-state index contributed by atoms with van der Waals surface area (Å²) >= 11 is 0. The van der Waals surface area contributed by atoms with E-state index in [-0.39, 0.29) is 18.5 Å². The van der Waals surface area contributed by atoms with E-state index in [2.05, 4.69) is 18.7 Å². The number of urea groups is 1. The fraction of sp³-hybridized carbons (Fsp3) is 0.857. The molecule has 2 aliphatic heterocycles. The molecule has 0 bridgehead atoms. The van der Waals surface area contributed by atoms with Crippen LogP contribution < -0.4 is 0 Å². The molecule has 2 saturated heterocycles. The van der Waals surface area contributed by atoms with Crippen LogP contribution >= 0.6 is 0 Å². The van der Waals surface area contributed by atoms with Crippen LogP contribution in [0.2, 0.25) is 0 Å². The van der Waals surface area contributed by atoms with E-state index >= 15 is 0 Å². The minimum absolute atomic E-state index is 0.0578. The third-order valence-electron chi connectivity index (χ3n) is 3.67. The summed E-state index contributed by atoms with van der Waals surface area (Å²) in [6.07, 6.45) is 0.840. The van der Waals surface area contributed by atoms with E-state index in [4.69, 9.17) is 4.74 Å². The molecule has 0 aliphatic carbocycles. The Kier molecular flexibility index (Phi) is 5.37. The number of hydrogen-bond donors (Lipinski definition) is 0. The molecular weight excluding hydrogens is 258 g/mol. The summed E-state index contributed by atoms with van der Waals surface area (Å²) < 4.78 is 5.30. The van der Waals surface area contributed by atoms with Gasteiger partial charge in [0.25, 0.3) is 0 Å². The maximum Gasteiger partial charge on any atom is 0.327 e. The molecule has 6 heteroatoms. The number of ether oxygens (including phenoxy) is 1. The van der Waals surface area contributed by atoms with Gasteiger partial charge in [0.05, 0.1) is 13.2 Å². The highest BCUT2D eigenvalue weighted by atomic mass is 16.5. The van der Waals surface area contributed by atoms with E-state index in [9.17, 15) is 9.59 Å². The summed E-state index contributed by atoms with van der Waals surface area (Å²) in [6, 6.07) is -0.120. The van der Waals surface area contributed by atoms with Gasteiger partial charge in [-0.05, 0) is 12.3 Å². The van der Waals surface area contributed by atoms with Crippen molar-refractivity contribution in [3.63, 3.8) is 0 Å². The Bertz CT molecular complexity index is 354. The number of amides is 3. The van der Waals surface area contributed by atoms with Crippen molar-refractivity contribution in [1.82, 2.24) is 14.7 Å². The average Bonchev–Trinajstić information content (AvgIpc) is 2.67. The van der Waals surface area contributed by atoms with Crippen molar-refractivity contribution in [2.75, 3.05) is 52.5 Å².